The van der Waals surface area contributed by atoms with Crippen molar-refractivity contribution in [1.82, 2.24) is 4.57 Å². The van der Waals surface area contributed by atoms with Crippen LogP contribution in [0.2, 0.25) is 0 Å². The summed E-state index contributed by atoms with van der Waals surface area (Å²) in [6.07, 6.45) is 0. The van der Waals surface area contributed by atoms with Crippen LogP contribution in [-0.4, -0.2) is 13.0 Å². The first-order chi connectivity index (χ1) is 11.3. The Morgan fingerprint density at radius 3 is 2.29 bits per heavy atom. The number of aromatic nitrogens is 1. The molecular weight excluding hydrogens is 322 g/mol. The van der Waals surface area contributed by atoms with E-state index in [1.807, 2.05) is 25.1 Å². The molecule has 0 aliphatic rings. The van der Waals surface area contributed by atoms with E-state index < -0.39 is 9.84 Å². The lowest BCUT2D eigenvalue weighted by atomic mass is 10.0. The SMILES string of the molecule is Cc1cc2c(cc1CS(=O)(=O)c1ccccc1)cc(C)c(=O)n2C. The van der Waals surface area contributed by atoms with E-state index >= 15 is 0 Å². The molecule has 0 aliphatic heterocycles. The van der Waals surface area contributed by atoms with E-state index in [0.29, 0.717) is 10.5 Å². The second-order valence-electron chi connectivity index (χ2n) is 6.10. The summed E-state index contributed by atoms with van der Waals surface area (Å²) in [6.45, 7) is 3.64. The molecule has 0 aliphatic carbocycles. The van der Waals surface area contributed by atoms with Crippen LogP contribution in [0.15, 0.2) is 58.2 Å². The molecule has 0 bridgehead atoms. The maximum atomic E-state index is 12.6. The van der Waals surface area contributed by atoms with E-state index in [4.69, 9.17) is 0 Å². The molecule has 0 radical (unpaired) electrons. The molecular formula is C19H19NO3S. The topological polar surface area (TPSA) is 56.1 Å². The van der Waals surface area contributed by atoms with Crippen LogP contribution in [0.4, 0.5) is 0 Å². The molecule has 0 spiro atoms. The minimum absolute atomic E-state index is 0.0356. The van der Waals surface area contributed by atoms with Crippen LogP contribution in [0, 0.1) is 13.8 Å². The highest BCUT2D eigenvalue weighted by Crippen LogP contribution is 2.23. The predicted octanol–water partition coefficient (Wildman–Crippen LogP) is 3.13. The number of hydrogen-bond donors (Lipinski definition) is 0. The van der Waals surface area contributed by atoms with Gasteiger partial charge in [-0.1, -0.05) is 18.2 Å². The minimum atomic E-state index is -3.40. The molecule has 0 unspecified atom stereocenters. The Hall–Kier alpha value is -2.40. The van der Waals surface area contributed by atoms with Gasteiger partial charge >= 0.3 is 0 Å². The first-order valence-electron chi connectivity index (χ1n) is 7.67. The molecule has 0 saturated heterocycles. The average Bonchev–Trinajstić information content (AvgIpc) is 2.55. The standard InChI is InChI=1S/C19H19NO3S/c1-13-10-18-15(9-14(2)19(21)20(18)3)11-16(13)12-24(22,23)17-7-5-4-6-8-17/h4-11H,12H2,1-3H3. The molecule has 24 heavy (non-hydrogen) atoms. The zero-order valence-electron chi connectivity index (χ0n) is 13.9. The lowest BCUT2D eigenvalue weighted by Crippen LogP contribution is -2.19. The second kappa shape index (κ2) is 5.91. The number of rotatable bonds is 3. The molecule has 3 aromatic rings. The first kappa shape index (κ1) is 16.5. The molecule has 0 amide bonds. The third-order valence-corrected chi connectivity index (χ3v) is 5.99. The summed E-state index contributed by atoms with van der Waals surface area (Å²) >= 11 is 0. The van der Waals surface area contributed by atoms with Gasteiger partial charge in [0, 0.05) is 12.6 Å². The van der Waals surface area contributed by atoms with Gasteiger partial charge in [0.05, 0.1) is 16.2 Å². The van der Waals surface area contributed by atoms with Crippen LogP contribution in [0.3, 0.4) is 0 Å². The fourth-order valence-electron chi connectivity index (χ4n) is 2.90. The van der Waals surface area contributed by atoms with E-state index in [1.165, 1.54) is 0 Å². The molecule has 0 N–H and O–H groups in total. The second-order valence-corrected chi connectivity index (χ2v) is 8.09. The van der Waals surface area contributed by atoms with Crippen LogP contribution in [-0.2, 0) is 22.6 Å². The van der Waals surface area contributed by atoms with Gasteiger partial charge < -0.3 is 4.57 Å². The number of aryl methyl sites for hydroxylation is 3. The number of benzene rings is 2. The Bertz CT molecular complexity index is 1080. The summed E-state index contributed by atoms with van der Waals surface area (Å²) in [5, 5.41) is 0.874. The molecule has 4 nitrogen and oxygen atoms in total. The van der Waals surface area contributed by atoms with Crippen molar-refractivity contribution in [3.8, 4) is 0 Å². The molecule has 0 saturated carbocycles. The van der Waals surface area contributed by atoms with Crippen molar-refractivity contribution in [2.75, 3.05) is 0 Å². The summed E-state index contributed by atoms with van der Waals surface area (Å²) in [5.74, 6) is -0.0549. The van der Waals surface area contributed by atoms with Crippen LogP contribution in [0.1, 0.15) is 16.7 Å². The van der Waals surface area contributed by atoms with Crippen LogP contribution < -0.4 is 5.56 Å². The van der Waals surface area contributed by atoms with Gasteiger partial charge in [0.1, 0.15) is 0 Å². The quantitative estimate of drug-likeness (QED) is 0.735. The van der Waals surface area contributed by atoms with Crippen molar-refractivity contribution in [3.63, 3.8) is 0 Å². The number of pyridine rings is 1. The monoisotopic (exact) mass is 341 g/mol. The van der Waals surface area contributed by atoms with E-state index in [9.17, 15) is 13.2 Å². The smallest absolute Gasteiger partial charge is 0.253 e. The normalized spacial score (nSPS) is 11.8. The van der Waals surface area contributed by atoms with E-state index in [2.05, 4.69) is 0 Å². The summed E-state index contributed by atoms with van der Waals surface area (Å²) < 4.78 is 26.8. The van der Waals surface area contributed by atoms with Gasteiger partial charge in [-0.15, -0.1) is 0 Å². The van der Waals surface area contributed by atoms with Gasteiger partial charge in [0.15, 0.2) is 9.84 Å². The zero-order valence-corrected chi connectivity index (χ0v) is 14.7. The summed E-state index contributed by atoms with van der Waals surface area (Å²) in [4.78, 5) is 12.4. The molecule has 2 aromatic carbocycles. The van der Waals surface area contributed by atoms with Crippen LogP contribution >= 0.6 is 0 Å². The van der Waals surface area contributed by atoms with Gasteiger partial charge in [-0.25, -0.2) is 8.42 Å². The molecule has 1 heterocycles. The fraction of sp³-hybridized carbons (Fsp3) is 0.211. The van der Waals surface area contributed by atoms with Gasteiger partial charge in [0.25, 0.3) is 5.56 Å². The zero-order chi connectivity index (χ0) is 17.5. The largest absolute Gasteiger partial charge is 0.311 e. The molecule has 1 aromatic heterocycles. The average molecular weight is 341 g/mol. The highest BCUT2D eigenvalue weighted by atomic mass is 32.2. The molecule has 5 heteroatoms. The van der Waals surface area contributed by atoms with Gasteiger partial charge in [0.2, 0.25) is 0 Å². The van der Waals surface area contributed by atoms with Crippen molar-refractivity contribution in [1.29, 1.82) is 0 Å². The van der Waals surface area contributed by atoms with E-state index in [1.54, 1.807) is 48.9 Å². The van der Waals surface area contributed by atoms with Gasteiger partial charge in [-0.05, 0) is 60.7 Å². The summed E-state index contributed by atoms with van der Waals surface area (Å²) in [7, 11) is -1.67. The molecule has 0 fully saturated rings. The first-order valence-corrected chi connectivity index (χ1v) is 9.32. The Morgan fingerprint density at radius 1 is 0.958 bits per heavy atom. The highest BCUT2D eigenvalue weighted by Gasteiger charge is 2.17. The maximum absolute atomic E-state index is 12.6. The minimum Gasteiger partial charge on any atom is -0.311 e. The number of hydrogen-bond acceptors (Lipinski definition) is 3. The Balaban J connectivity index is 2.13. The lowest BCUT2D eigenvalue weighted by molar-refractivity contribution is 0.595. The maximum Gasteiger partial charge on any atom is 0.253 e. The van der Waals surface area contributed by atoms with Crippen LogP contribution in [0.5, 0.6) is 0 Å². The Labute approximate surface area is 141 Å². The number of nitrogens with zero attached hydrogens (tertiary/aromatic N) is 1. The highest BCUT2D eigenvalue weighted by molar-refractivity contribution is 7.90. The van der Waals surface area contributed by atoms with Crippen molar-refractivity contribution < 1.29 is 8.42 Å². The van der Waals surface area contributed by atoms with Crippen LogP contribution in [0.25, 0.3) is 10.9 Å². The predicted molar refractivity (Wildman–Crippen MR) is 96.0 cm³/mol. The number of fused-ring (bicyclic) bond motifs is 1. The third kappa shape index (κ3) is 2.87. The summed E-state index contributed by atoms with van der Waals surface area (Å²) in [6, 6.07) is 14.0. The van der Waals surface area contributed by atoms with E-state index in [0.717, 1.165) is 22.0 Å². The molecule has 124 valence electrons. The van der Waals surface area contributed by atoms with Crippen molar-refractivity contribution >= 4 is 20.7 Å². The third-order valence-electron chi connectivity index (χ3n) is 4.31. The van der Waals surface area contributed by atoms with Crippen molar-refractivity contribution in [3.05, 3.63) is 75.6 Å². The summed E-state index contributed by atoms with van der Waals surface area (Å²) in [5.41, 5.74) is 3.03. The fourth-order valence-corrected chi connectivity index (χ4v) is 4.36. The van der Waals surface area contributed by atoms with Crippen molar-refractivity contribution in [2.45, 2.75) is 24.5 Å². The van der Waals surface area contributed by atoms with Gasteiger partial charge in [-0.3, -0.25) is 4.79 Å². The Morgan fingerprint density at radius 2 is 1.62 bits per heavy atom. The van der Waals surface area contributed by atoms with Crippen molar-refractivity contribution in [2.24, 2.45) is 7.05 Å². The van der Waals surface area contributed by atoms with E-state index in [-0.39, 0.29) is 11.3 Å². The van der Waals surface area contributed by atoms with Gasteiger partial charge in [-0.2, -0.15) is 0 Å². The molecule has 0 atom stereocenters. The number of sulfone groups is 1. The Kier molecular flexibility index (Phi) is 4.05. The molecule has 3 rings (SSSR count). The lowest BCUT2D eigenvalue weighted by Gasteiger charge is -2.12.